The van der Waals surface area contributed by atoms with Crippen molar-refractivity contribution in [2.75, 3.05) is 38.6 Å². The van der Waals surface area contributed by atoms with E-state index >= 15 is 0 Å². The van der Waals surface area contributed by atoms with Crippen molar-refractivity contribution in [1.29, 1.82) is 0 Å². The fourth-order valence-electron chi connectivity index (χ4n) is 4.22. The molecule has 2 aromatic carbocycles. The molecular formula is C24H30ClFN2O4. The molecule has 0 radical (unpaired) electrons. The Kier molecular flexibility index (Phi) is 8.87. The number of likely N-dealkylation sites (tertiary alicyclic amines) is 1. The van der Waals surface area contributed by atoms with Crippen LogP contribution in [0.2, 0.25) is 5.02 Å². The normalized spacial score (nSPS) is 19.1. The van der Waals surface area contributed by atoms with Crippen LogP contribution in [0.4, 0.5) is 10.1 Å². The number of carbonyl (C=O) groups excluding carboxylic acids is 1. The number of nitrogens with zero attached hydrogens (tertiary/aromatic N) is 1. The van der Waals surface area contributed by atoms with Crippen LogP contribution in [0.25, 0.3) is 0 Å². The van der Waals surface area contributed by atoms with Crippen LogP contribution < -0.4 is 10.5 Å². The van der Waals surface area contributed by atoms with E-state index in [0.717, 1.165) is 25.9 Å². The number of aliphatic hydroxyl groups excluding tert-OH is 2. The van der Waals surface area contributed by atoms with Crippen molar-refractivity contribution in [3.63, 3.8) is 0 Å². The molecule has 0 spiro atoms. The number of ether oxygens (including phenoxy) is 1. The second-order valence-corrected chi connectivity index (χ2v) is 8.67. The van der Waals surface area contributed by atoms with Crippen molar-refractivity contribution in [1.82, 2.24) is 4.90 Å². The van der Waals surface area contributed by atoms with Crippen molar-refractivity contribution < 1.29 is 24.1 Å². The first-order valence-electron chi connectivity index (χ1n) is 10.8. The summed E-state index contributed by atoms with van der Waals surface area (Å²) in [6.07, 6.45) is 1.90. The van der Waals surface area contributed by atoms with Gasteiger partial charge in [0.05, 0.1) is 23.9 Å². The van der Waals surface area contributed by atoms with Gasteiger partial charge in [0.25, 0.3) is 0 Å². The van der Waals surface area contributed by atoms with E-state index in [4.69, 9.17) is 22.1 Å². The van der Waals surface area contributed by atoms with Crippen molar-refractivity contribution in [2.24, 2.45) is 11.8 Å². The van der Waals surface area contributed by atoms with Crippen LogP contribution in [0.1, 0.15) is 35.2 Å². The van der Waals surface area contributed by atoms with Gasteiger partial charge >= 0.3 is 0 Å². The molecule has 1 heterocycles. The maximum Gasteiger partial charge on any atom is 0.163 e. The van der Waals surface area contributed by atoms with Gasteiger partial charge in [-0.2, -0.15) is 0 Å². The molecule has 1 aliphatic heterocycles. The number of benzene rings is 2. The van der Waals surface area contributed by atoms with E-state index < -0.39 is 0 Å². The van der Waals surface area contributed by atoms with E-state index in [1.165, 1.54) is 24.3 Å². The molecule has 0 aromatic heterocycles. The van der Waals surface area contributed by atoms with Crippen LogP contribution in [0.15, 0.2) is 36.4 Å². The van der Waals surface area contributed by atoms with Crippen molar-refractivity contribution in [2.45, 2.75) is 25.9 Å². The summed E-state index contributed by atoms with van der Waals surface area (Å²) in [5.41, 5.74) is 6.97. The van der Waals surface area contributed by atoms with Gasteiger partial charge in [0, 0.05) is 31.7 Å². The Labute approximate surface area is 192 Å². The third-order valence-corrected chi connectivity index (χ3v) is 6.38. The Bertz CT molecular complexity index is 910. The summed E-state index contributed by atoms with van der Waals surface area (Å²) >= 11 is 6.08. The van der Waals surface area contributed by atoms with Gasteiger partial charge < -0.3 is 25.6 Å². The van der Waals surface area contributed by atoms with E-state index in [0.29, 0.717) is 47.2 Å². The average Bonchev–Trinajstić information content (AvgIpc) is 2.80. The molecule has 0 saturated carbocycles. The van der Waals surface area contributed by atoms with Crippen LogP contribution in [0.5, 0.6) is 5.75 Å². The lowest BCUT2D eigenvalue weighted by Gasteiger charge is -2.37. The first-order valence-corrected chi connectivity index (χ1v) is 11.2. The number of ketones is 1. The minimum Gasteiger partial charge on any atom is -0.494 e. The summed E-state index contributed by atoms with van der Waals surface area (Å²) < 4.78 is 18.6. The van der Waals surface area contributed by atoms with Gasteiger partial charge in [-0.15, -0.1) is 0 Å². The number of nitrogen functional groups attached to an aromatic ring is 1. The maximum atomic E-state index is 12.9. The maximum absolute atomic E-state index is 12.9. The van der Waals surface area contributed by atoms with Crippen molar-refractivity contribution in [3.8, 4) is 5.75 Å². The minimum atomic E-state index is -0.291. The number of hydrogen-bond donors (Lipinski definition) is 3. The Morgan fingerprint density at radius 3 is 2.66 bits per heavy atom. The SMILES string of the molecule is Nc1cc(CO)c(C(=O)CC2CCN(CCCOc3ccc(F)cc3)CC2CO)cc1Cl. The minimum absolute atomic E-state index is 0.00690. The smallest absolute Gasteiger partial charge is 0.163 e. The van der Waals surface area contributed by atoms with Crippen LogP contribution >= 0.6 is 11.6 Å². The summed E-state index contributed by atoms with van der Waals surface area (Å²) in [6.45, 7) is 2.61. The van der Waals surface area contributed by atoms with Crippen molar-refractivity contribution >= 4 is 23.1 Å². The highest BCUT2D eigenvalue weighted by atomic mass is 35.5. The molecule has 0 bridgehead atoms. The fourth-order valence-corrected chi connectivity index (χ4v) is 4.38. The number of anilines is 1. The lowest BCUT2D eigenvalue weighted by atomic mass is 9.81. The zero-order chi connectivity index (χ0) is 23.1. The second kappa shape index (κ2) is 11.6. The molecule has 2 aromatic rings. The Morgan fingerprint density at radius 1 is 1.22 bits per heavy atom. The standard InChI is InChI=1S/C24H30ClFN2O4/c25-22-12-21(17(14-29)10-23(22)27)24(31)11-16-6-8-28(13-18(16)15-30)7-1-9-32-20-4-2-19(26)3-5-20/h2-5,10,12,16,18,29-30H,1,6-9,11,13-15,27H2. The summed E-state index contributed by atoms with van der Waals surface area (Å²) in [7, 11) is 0. The molecule has 174 valence electrons. The topological polar surface area (TPSA) is 96.0 Å². The lowest BCUT2D eigenvalue weighted by Crippen LogP contribution is -2.43. The molecule has 2 atom stereocenters. The molecule has 1 fully saturated rings. The van der Waals surface area contributed by atoms with Crippen LogP contribution in [0.3, 0.4) is 0 Å². The number of Topliss-reactive ketones (excluding diaryl/α,β-unsaturated/α-hetero) is 1. The molecule has 2 unspecified atom stereocenters. The number of hydrogen-bond acceptors (Lipinski definition) is 6. The molecular weight excluding hydrogens is 435 g/mol. The Morgan fingerprint density at radius 2 is 1.97 bits per heavy atom. The molecule has 1 aliphatic rings. The van der Waals surface area contributed by atoms with E-state index in [1.54, 1.807) is 12.1 Å². The molecule has 1 saturated heterocycles. The van der Waals surface area contributed by atoms with E-state index in [9.17, 15) is 19.4 Å². The number of aliphatic hydroxyl groups is 2. The first-order chi connectivity index (χ1) is 15.4. The van der Waals surface area contributed by atoms with Crippen LogP contribution in [-0.2, 0) is 6.61 Å². The number of rotatable bonds is 10. The number of nitrogens with two attached hydrogens (primary N) is 1. The third-order valence-electron chi connectivity index (χ3n) is 6.05. The highest BCUT2D eigenvalue weighted by Gasteiger charge is 2.31. The predicted molar refractivity (Wildman–Crippen MR) is 122 cm³/mol. The molecule has 6 nitrogen and oxygen atoms in total. The van der Waals surface area contributed by atoms with E-state index in [1.807, 2.05) is 0 Å². The zero-order valence-corrected chi connectivity index (χ0v) is 18.7. The third kappa shape index (κ3) is 6.42. The zero-order valence-electron chi connectivity index (χ0n) is 18.0. The predicted octanol–water partition coefficient (Wildman–Crippen LogP) is 3.53. The monoisotopic (exact) mass is 464 g/mol. The van der Waals surface area contributed by atoms with Gasteiger partial charge in [-0.25, -0.2) is 4.39 Å². The summed E-state index contributed by atoms with van der Waals surface area (Å²) in [5, 5.41) is 19.8. The largest absolute Gasteiger partial charge is 0.494 e. The molecule has 0 amide bonds. The summed E-state index contributed by atoms with van der Waals surface area (Å²) in [5.74, 6) is 0.304. The Balaban J connectivity index is 1.49. The lowest BCUT2D eigenvalue weighted by molar-refractivity contribution is 0.0598. The molecule has 4 N–H and O–H groups in total. The molecule has 32 heavy (non-hydrogen) atoms. The highest BCUT2D eigenvalue weighted by Crippen LogP contribution is 2.30. The Hall–Kier alpha value is -2.19. The fraction of sp³-hybridized carbons (Fsp3) is 0.458. The first kappa shape index (κ1) is 24.5. The highest BCUT2D eigenvalue weighted by molar-refractivity contribution is 6.33. The van der Waals surface area contributed by atoms with Gasteiger partial charge in [0.2, 0.25) is 0 Å². The molecule has 8 heteroatoms. The van der Waals surface area contributed by atoms with Crippen molar-refractivity contribution in [3.05, 3.63) is 58.4 Å². The quantitative estimate of drug-likeness (QED) is 0.283. The summed E-state index contributed by atoms with van der Waals surface area (Å²) in [4.78, 5) is 15.2. The average molecular weight is 465 g/mol. The van der Waals surface area contributed by atoms with Gasteiger partial charge in [-0.3, -0.25) is 4.79 Å². The number of carbonyl (C=O) groups is 1. The number of piperidine rings is 1. The van der Waals surface area contributed by atoms with E-state index in [-0.39, 0.29) is 36.7 Å². The van der Waals surface area contributed by atoms with Gasteiger partial charge in [0.1, 0.15) is 11.6 Å². The van der Waals surface area contributed by atoms with Crippen LogP contribution in [-0.4, -0.2) is 53.7 Å². The van der Waals surface area contributed by atoms with Gasteiger partial charge in [-0.05, 0) is 73.2 Å². The van der Waals surface area contributed by atoms with E-state index in [2.05, 4.69) is 4.90 Å². The molecule has 0 aliphatic carbocycles. The summed E-state index contributed by atoms with van der Waals surface area (Å²) in [6, 6.07) is 9.01. The number of halogens is 2. The second-order valence-electron chi connectivity index (χ2n) is 8.26. The van der Waals surface area contributed by atoms with Crippen LogP contribution in [0, 0.1) is 17.7 Å². The van der Waals surface area contributed by atoms with Gasteiger partial charge in [0.15, 0.2) is 5.78 Å². The molecule has 3 rings (SSSR count). The van der Waals surface area contributed by atoms with Gasteiger partial charge in [-0.1, -0.05) is 11.6 Å².